The Balaban J connectivity index is 1.40. The minimum absolute atomic E-state index is 0.0328. The molecular weight excluding hydrogens is 398 g/mol. The lowest BCUT2D eigenvalue weighted by Gasteiger charge is -2.27. The number of carbonyl (C=O) groups excluding carboxylic acids is 1. The summed E-state index contributed by atoms with van der Waals surface area (Å²) in [4.78, 5) is 28.0. The lowest BCUT2D eigenvalue weighted by atomic mass is 10.2. The second kappa shape index (κ2) is 9.17. The van der Waals surface area contributed by atoms with Crippen LogP contribution in [-0.2, 0) is 11.3 Å². The van der Waals surface area contributed by atoms with Gasteiger partial charge in [-0.25, -0.2) is 9.97 Å². The minimum atomic E-state index is -0.0328. The van der Waals surface area contributed by atoms with Crippen molar-refractivity contribution in [2.45, 2.75) is 13.0 Å². The number of ether oxygens (including phenoxy) is 1. The van der Waals surface area contributed by atoms with Crippen molar-refractivity contribution in [1.29, 1.82) is 0 Å². The van der Waals surface area contributed by atoms with Gasteiger partial charge in [0.15, 0.2) is 0 Å². The number of morpholine rings is 1. The molecule has 0 aliphatic carbocycles. The SMILES string of the molecule is O=C(c1cnc(N2CCCN(Cc3cscn3)CC2)c(Cl)c1)N1CCOCC1. The van der Waals surface area contributed by atoms with Crippen molar-refractivity contribution < 1.29 is 9.53 Å². The van der Waals surface area contributed by atoms with Gasteiger partial charge >= 0.3 is 0 Å². The Morgan fingerprint density at radius 2 is 2.00 bits per heavy atom. The quantitative estimate of drug-likeness (QED) is 0.755. The molecule has 28 heavy (non-hydrogen) atoms. The van der Waals surface area contributed by atoms with Crippen LogP contribution >= 0.6 is 22.9 Å². The van der Waals surface area contributed by atoms with E-state index in [-0.39, 0.29) is 5.91 Å². The first-order valence-corrected chi connectivity index (χ1v) is 10.9. The van der Waals surface area contributed by atoms with E-state index in [1.807, 2.05) is 5.51 Å². The number of nitrogens with zero attached hydrogens (tertiary/aromatic N) is 5. The van der Waals surface area contributed by atoms with Crippen LogP contribution in [0.4, 0.5) is 5.82 Å². The van der Waals surface area contributed by atoms with Crippen LogP contribution in [0.15, 0.2) is 23.2 Å². The molecule has 4 heterocycles. The van der Waals surface area contributed by atoms with Crippen molar-refractivity contribution in [2.75, 3.05) is 57.4 Å². The van der Waals surface area contributed by atoms with Gasteiger partial charge in [-0.1, -0.05) is 11.6 Å². The number of anilines is 1. The van der Waals surface area contributed by atoms with Gasteiger partial charge in [0, 0.05) is 57.4 Å². The molecule has 2 aliphatic rings. The summed E-state index contributed by atoms with van der Waals surface area (Å²) in [6.07, 6.45) is 2.69. The number of hydrogen-bond donors (Lipinski definition) is 0. The second-order valence-electron chi connectivity index (χ2n) is 7.03. The van der Waals surface area contributed by atoms with E-state index in [0.717, 1.165) is 50.7 Å². The Bertz CT molecular complexity index is 798. The molecule has 9 heteroatoms. The first-order chi connectivity index (χ1) is 13.7. The zero-order valence-corrected chi connectivity index (χ0v) is 17.3. The van der Waals surface area contributed by atoms with Crippen molar-refractivity contribution in [3.8, 4) is 0 Å². The van der Waals surface area contributed by atoms with Gasteiger partial charge < -0.3 is 14.5 Å². The zero-order chi connectivity index (χ0) is 19.3. The predicted octanol–water partition coefficient (Wildman–Crippen LogP) is 2.38. The highest BCUT2D eigenvalue weighted by Gasteiger charge is 2.22. The highest BCUT2D eigenvalue weighted by molar-refractivity contribution is 7.07. The van der Waals surface area contributed by atoms with E-state index >= 15 is 0 Å². The number of amides is 1. The molecule has 2 saturated heterocycles. The van der Waals surface area contributed by atoms with Crippen molar-refractivity contribution in [1.82, 2.24) is 19.8 Å². The minimum Gasteiger partial charge on any atom is -0.378 e. The van der Waals surface area contributed by atoms with Crippen LogP contribution in [0.5, 0.6) is 0 Å². The van der Waals surface area contributed by atoms with Crippen LogP contribution in [0.1, 0.15) is 22.5 Å². The van der Waals surface area contributed by atoms with Crippen LogP contribution in [0, 0.1) is 0 Å². The van der Waals surface area contributed by atoms with Gasteiger partial charge in [-0.05, 0) is 12.5 Å². The van der Waals surface area contributed by atoms with Crippen LogP contribution in [0.3, 0.4) is 0 Å². The first kappa shape index (κ1) is 19.6. The van der Waals surface area contributed by atoms with Crippen LogP contribution < -0.4 is 4.90 Å². The van der Waals surface area contributed by atoms with Crippen LogP contribution in [0.2, 0.25) is 5.02 Å². The molecule has 0 aromatic carbocycles. The largest absolute Gasteiger partial charge is 0.378 e. The average molecular weight is 422 g/mol. The number of pyridine rings is 1. The van der Waals surface area contributed by atoms with Gasteiger partial charge in [0.2, 0.25) is 0 Å². The summed E-state index contributed by atoms with van der Waals surface area (Å²) >= 11 is 8.16. The summed E-state index contributed by atoms with van der Waals surface area (Å²) in [5, 5.41) is 2.64. The second-order valence-corrected chi connectivity index (χ2v) is 8.16. The molecule has 2 aliphatic heterocycles. The number of halogens is 1. The van der Waals surface area contributed by atoms with Crippen molar-refractivity contribution in [3.05, 3.63) is 39.4 Å². The van der Waals surface area contributed by atoms with Crippen molar-refractivity contribution >= 4 is 34.7 Å². The molecule has 4 rings (SSSR count). The number of thiazole rings is 1. The van der Waals surface area contributed by atoms with Crippen LogP contribution in [-0.4, -0.2) is 78.2 Å². The van der Waals surface area contributed by atoms with Crippen molar-refractivity contribution in [2.24, 2.45) is 0 Å². The maximum atomic E-state index is 12.6. The fraction of sp³-hybridized carbons (Fsp3) is 0.526. The average Bonchev–Trinajstić information content (AvgIpc) is 3.13. The zero-order valence-electron chi connectivity index (χ0n) is 15.7. The molecule has 0 spiro atoms. The van der Waals surface area contributed by atoms with Gasteiger partial charge in [-0.15, -0.1) is 11.3 Å². The summed E-state index contributed by atoms with van der Waals surface area (Å²) in [5.74, 6) is 0.727. The maximum absolute atomic E-state index is 12.6. The molecule has 0 unspecified atom stereocenters. The fourth-order valence-electron chi connectivity index (χ4n) is 3.61. The van der Waals surface area contributed by atoms with E-state index in [4.69, 9.17) is 16.3 Å². The Labute approximate surface area is 173 Å². The van der Waals surface area contributed by atoms with Gasteiger partial charge in [-0.2, -0.15) is 0 Å². The number of aromatic nitrogens is 2. The molecule has 2 fully saturated rings. The Morgan fingerprint density at radius 1 is 1.14 bits per heavy atom. The fourth-order valence-corrected chi connectivity index (χ4v) is 4.45. The smallest absolute Gasteiger partial charge is 0.255 e. The summed E-state index contributed by atoms with van der Waals surface area (Å²) in [5.41, 5.74) is 3.54. The summed E-state index contributed by atoms with van der Waals surface area (Å²) in [6, 6.07) is 1.75. The molecule has 0 saturated carbocycles. The highest BCUT2D eigenvalue weighted by Crippen LogP contribution is 2.26. The predicted molar refractivity (Wildman–Crippen MR) is 110 cm³/mol. The summed E-state index contributed by atoms with van der Waals surface area (Å²) < 4.78 is 5.31. The Kier molecular flexibility index (Phi) is 6.41. The normalized spacial score (nSPS) is 18.9. The summed E-state index contributed by atoms with van der Waals surface area (Å²) in [6.45, 7) is 6.98. The van der Waals surface area contributed by atoms with E-state index < -0.39 is 0 Å². The lowest BCUT2D eigenvalue weighted by molar-refractivity contribution is 0.0302. The number of hydrogen-bond acceptors (Lipinski definition) is 7. The molecule has 0 bridgehead atoms. The van der Waals surface area contributed by atoms with E-state index in [1.54, 1.807) is 28.5 Å². The van der Waals surface area contributed by atoms with Crippen LogP contribution in [0.25, 0.3) is 0 Å². The monoisotopic (exact) mass is 421 g/mol. The van der Waals surface area contributed by atoms with Gasteiger partial charge in [0.05, 0.1) is 35.0 Å². The number of carbonyl (C=O) groups is 1. The van der Waals surface area contributed by atoms with E-state index in [1.165, 1.54) is 0 Å². The highest BCUT2D eigenvalue weighted by atomic mass is 35.5. The molecule has 0 radical (unpaired) electrons. The number of rotatable bonds is 4. The van der Waals surface area contributed by atoms with E-state index in [0.29, 0.717) is 36.9 Å². The third kappa shape index (κ3) is 4.63. The molecule has 2 aromatic heterocycles. The first-order valence-electron chi connectivity index (χ1n) is 9.57. The van der Waals surface area contributed by atoms with Gasteiger partial charge in [0.25, 0.3) is 5.91 Å². The Hall–Kier alpha value is -1.74. The molecular formula is C19H24ClN5O2S. The van der Waals surface area contributed by atoms with Gasteiger partial charge in [0.1, 0.15) is 5.82 Å². The molecule has 2 aromatic rings. The van der Waals surface area contributed by atoms with Gasteiger partial charge in [-0.3, -0.25) is 9.69 Å². The topological polar surface area (TPSA) is 61.8 Å². The van der Waals surface area contributed by atoms with E-state index in [2.05, 4.69) is 25.1 Å². The molecule has 0 N–H and O–H groups in total. The van der Waals surface area contributed by atoms with E-state index in [9.17, 15) is 4.79 Å². The third-order valence-electron chi connectivity index (χ3n) is 5.12. The molecule has 1 amide bonds. The Morgan fingerprint density at radius 3 is 2.75 bits per heavy atom. The lowest BCUT2D eigenvalue weighted by Crippen LogP contribution is -2.40. The third-order valence-corrected chi connectivity index (χ3v) is 6.04. The molecule has 150 valence electrons. The maximum Gasteiger partial charge on any atom is 0.255 e. The summed E-state index contributed by atoms with van der Waals surface area (Å²) in [7, 11) is 0. The molecule has 7 nitrogen and oxygen atoms in total. The van der Waals surface area contributed by atoms with Crippen molar-refractivity contribution in [3.63, 3.8) is 0 Å². The standard InChI is InChI=1S/C19H24ClN5O2S/c20-17-10-15(19(26)25-6-8-27-9-7-25)11-21-18(17)24-3-1-2-23(4-5-24)12-16-13-28-14-22-16/h10-11,13-14H,1-9,12H2. The molecule has 0 atom stereocenters.